The highest BCUT2D eigenvalue weighted by molar-refractivity contribution is 6.10. The summed E-state index contributed by atoms with van der Waals surface area (Å²) in [5, 5.41) is 9.92. The van der Waals surface area contributed by atoms with Gasteiger partial charge in [-0.2, -0.15) is 5.10 Å². The molecule has 0 aliphatic carbocycles. The van der Waals surface area contributed by atoms with Crippen LogP contribution in [0.4, 0.5) is 0 Å². The summed E-state index contributed by atoms with van der Waals surface area (Å²) in [6, 6.07) is 76.1. The molecule has 0 radical (unpaired) electrons. The van der Waals surface area contributed by atoms with Crippen LogP contribution in [0.1, 0.15) is 0 Å². The van der Waals surface area contributed by atoms with E-state index in [4.69, 9.17) is 19.5 Å². The molecule has 0 saturated carbocycles. The van der Waals surface area contributed by atoms with Gasteiger partial charge in [0, 0.05) is 55.1 Å². The average molecular weight is 793 g/mol. The molecule has 0 aliphatic rings. The Hall–Kier alpha value is -8.41. The van der Waals surface area contributed by atoms with Crippen molar-refractivity contribution in [3.05, 3.63) is 218 Å². The van der Waals surface area contributed by atoms with Gasteiger partial charge in [0.1, 0.15) is 16.9 Å². The number of pyridine rings is 1. The molecule has 0 atom stereocenters. The zero-order valence-electron chi connectivity index (χ0n) is 33.5. The third-order valence-electron chi connectivity index (χ3n) is 11.8. The topological polar surface area (TPSA) is 56.2 Å². The molecule has 0 bridgehead atoms. The Morgan fingerprint density at radius 1 is 0.387 bits per heavy atom. The molecule has 0 N–H and O–H groups in total. The lowest BCUT2D eigenvalue weighted by Crippen LogP contribution is -1.96. The van der Waals surface area contributed by atoms with Crippen molar-refractivity contribution >= 4 is 38.2 Å². The molecular formula is C57H36N4O. The van der Waals surface area contributed by atoms with Gasteiger partial charge in [0.2, 0.25) is 0 Å². The first kappa shape index (κ1) is 35.5. The van der Waals surface area contributed by atoms with Crippen molar-refractivity contribution in [3.63, 3.8) is 0 Å². The van der Waals surface area contributed by atoms with Crippen LogP contribution in [0.25, 0.3) is 117 Å². The van der Waals surface area contributed by atoms with Crippen molar-refractivity contribution < 1.29 is 4.42 Å². The van der Waals surface area contributed by atoms with Gasteiger partial charge in [-0.1, -0.05) is 194 Å². The first-order chi connectivity index (χ1) is 30.7. The fourth-order valence-corrected chi connectivity index (χ4v) is 8.86. The summed E-state index contributed by atoms with van der Waals surface area (Å²) in [6.07, 6.45) is 0. The van der Waals surface area contributed by atoms with Gasteiger partial charge < -0.3 is 4.42 Å². The zero-order valence-corrected chi connectivity index (χ0v) is 33.5. The van der Waals surface area contributed by atoms with Crippen LogP contribution < -0.4 is 0 Å². The van der Waals surface area contributed by atoms with Crippen LogP contribution in [0.2, 0.25) is 0 Å². The van der Waals surface area contributed by atoms with Crippen LogP contribution in [0.15, 0.2) is 223 Å². The quantitative estimate of drug-likeness (QED) is 0.161. The number of hydrogen-bond donors (Lipinski definition) is 0. The van der Waals surface area contributed by atoms with E-state index in [-0.39, 0.29) is 0 Å². The lowest BCUT2D eigenvalue weighted by atomic mass is 9.95. The number of nitrogens with zero attached hydrogens (tertiary/aromatic N) is 4. The fraction of sp³-hybridized carbons (Fsp3) is 0. The smallest absolute Gasteiger partial charge is 0.160 e. The van der Waals surface area contributed by atoms with Gasteiger partial charge in [0.25, 0.3) is 0 Å². The van der Waals surface area contributed by atoms with E-state index in [0.29, 0.717) is 5.82 Å². The van der Waals surface area contributed by atoms with Gasteiger partial charge in [-0.25, -0.2) is 14.5 Å². The van der Waals surface area contributed by atoms with E-state index in [0.717, 1.165) is 111 Å². The van der Waals surface area contributed by atoms with E-state index in [1.807, 2.05) is 30.3 Å². The maximum atomic E-state index is 6.44. The Morgan fingerprint density at radius 2 is 0.952 bits per heavy atom. The number of furan rings is 1. The number of aromatic nitrogens is 4. The van der Waals surface area contributed by atoms with Gasteiger partial charge in [0.15, 0.2) is 5.82 Å². The minimum absolute atomic E-state index is 0.651. The summed E-state index contributed by atoms with van der Waals surface area (Å²) in [5.41, 5.74) is 15.8. The summed E-state index contributed by atoms with van der Waals surface area (Å²) in [6.45, 7) is 0. The van der Waals surface area contributed by atoms with Gasteiger partial charge in [-0.15, -0.1) is 0 Å². The minimum Gasteiger partial charge on any atom is -0.455 e. The molecule has 62 heavy (non-hydrogen) atoms. The van der Waals surface area contributed by atoms with Crippen LogP contribution in [0, 0.1) is 0 Å². The van der Waals surface area contributed by atoms with E-state index in [1.54, 1.807) is 0 Å². The lowest BCUT2D eigenvalue weighted by Gasteiger charge is -2.12. The summed E-state index contributed by atoms with van der Waals surface area (Å²) in [7, 11) is 0. The molecule has 4 aromatic heterocycles. The number of fused-ring (bicyclic) bond motifs is 6. The van der Waals surface area contributed by atoms with Crippen LogP contribution in [-0.4, -0.2) is 19.6 Å². The van der Waals surface area contributed by atoms with E-state index in [9.17, 15) is 0 Å². The first-order valence-electron chi connectivity index (χ1n) is 20.9. The second-order valence-electron chi connectivity index (χ2n) is 15.6. The highest BCUT2D eigenvalue weighted by atomic mass is 16.3. The molecule has 290 valence electrons. The number of rotatable bonds is 7. The van der Waals surface area contributed by atoms with Crippen LogP contribution in [0.3, 0.4) is 0 Å². The Bertz CT molecular complexity index is 3610. The van der Waals surface area contributed by atoms with Gasteiger partial charge >= 0.3 is 0 Å². The average Bonchev–Trinajstić information content (AvgIpc) is 3.95. The van der Waals surface area contributed by atoms with Crippen molar-refractivity contribution in [2.24, 2.45) is 0 Å². The van der Waals surface area contributed by atoms with Gasteiger partial charge in [-0.05, 0) is 40.8 Å². The number of para-hydroxylation sites is 2. The molecule has 12 aromatic rings. The Balaban J connectivity index is 1.01. The Labute approximate surface area is 357 Å². The van der Waals surface area contributed by atoms with Crippen molar-refractivity contribution in [3.8, 4) is 78.7 Å². The van der Waals surface area contributed by atoms with E-state index in [2.05, 4.69) is 193 Å². The van der Waals surface area contributed by atoms with E-state index < -0.39 is 0 Å². The fourth-order valence-electron chi connectivity index (χ4n) is 8.86. The van der Waals surface area contributed by atoms with Crippen LogP contribution >= 0.6 is 0 Å². The van der Waals surface area contributed by atoms with E-state index >= 15 is 0 Å². The molecule has 0 saturated heterocycles. The zero-order chi connectivity index (χ0) is 41.0. The van der Waals surface area contributed by atoms with Gasteiger partial charge in [0.05, 0.1) is 22.6 Å². The molecular weight excluding hydrogens is 757 g/mol. The molecule has 0 spiro atoms. The standard InChI is InChI=1S/C57H36N4O/c1-4-16-37(17-5-1)49-36-50(59-57(58-49)44-24-14-23-42(34-44)46-27-15-28-48-47-26-12-13-29-52(47)62-56(46)48)38-30-32-40(33-31-38)53-54(41-20-8-3-9-21-41)60-61-51(39-18-6-2-7-19-39)35-43-22-10-11-25-45(43)55(53)61/h1-36H. The van der Waals surface area contributed by atoms with Crippen LogP contribution in [-0.2, 0) is 0 Å². The second kappa shape index (κ2) is 14.7. The summed E-state index contributed by atoms with van der Waals surface area (Å²) < 4.78 is 8.57. The Kier molecular flexibility index (Phi) is 8.42. The predicted molar refractivity (Wildman–Crippen MR) is 254 cm³/mol. The van der Waals surface area contributed by atoms with E-state index in [1.165, 1.54) is 0 Å². The summed E-state index contributed by atoms with van der Waals surface area (Å²) in [4.78, 5) is 10.5. The van der Waals surface area contributed by atoms with Crippen molar-refractivity contribution in [1.82, 2.24) is 19.6 Å². The number of hydrogen-bond acceptors (Lipinski definition) is 4. The maximum Gasteiger partial charge on any atom is 0.160 e. The highest BCUT2D eigenvalue weighted by Crippen LogP contribution is 2.42. The largest absolute Gasteiger partial charge is 0.455 e. The monoisotopic (exact) mass is 792 g/mol. The highest BCUT2D eigenvalue weighted by Gasteiger charge is 2.22. The molecule has 4 heterocycles. The SMILES string of the molecule is c1ccc(-c2cc(-c3ccc(-c4c(-c5ccccc5)nn5c(-c6ccccc6)cc6ccccc6c45)cc3)nc(-c3cccc(-c4cccc5c4oc4ccccc45)c3)n2)cc1. The summed E-state index contributed by atoms with van der Waals surface area (Å²) in [5.74, 6) is 0.651. The molecule has 0 fully saturated rings. The lowest BCUT2D eigenvalue weighted by molar-refractivity contribution is 0.670. The molecule has 8 aromatic carbocycles. The molecule has 0 aliphatic heterocycles. The predicted octanol–water partition coefficient (Wildman–Crippen LogP) is 14.8. The minimum atomic E-state index is 0.651. The molecule has 12 rings (SSSR count). The molecule has 5 nitrogen and oxygen atoms in total. The first-order valence-corrected chi connectivity index (χ1v) is 20.9. The second-order valence-corrected chi connectivity index (χ2v) is 15.6. The number of benzene rings is 8. The molecule has 0 unspecified atom stereocenters. The normalized spacial score (nSPS) is 11.5. The third kappa shape index (κ3) is 6.06. The van der Waals surface area contributed by atoms with Crippen molar-refractivity contribution in [2.45, 2.75) is 0 Å². The van der Waals surface area contributed by atoms with Crippen molar-refractivity contribution in [1.29, 1.82) is 0 Å². The van der Waals surface area contributed by atoms with Crippen LogP contribution in [0.5, 0.6) is 0 Å². The maximum absolute atomic E-state index is 6.44. The van der Waals surface area contributed by atoms with Gasteiger partial charge in [-0.3, -0.25) is 0 Å². The third-order valence-corrected chi connectivity index (χ3v) is 11.8. The molecule has 5 heteroatoms. The van der Waals surface area contributed by atoms with Crippen molar-refractivity contribution in [2.75, 3.05) is 0 Å². The Morgan fingerprint density at radius 3 is 1.71 bits per heavy atom. The summed E-state index contributed by atoms with van der Waals surface area (Å²) >= 11 is 0. The molecule has 0 amide bonds.